The predicted octanol–water partition coefficient (Wildman–Crippen LogP) is 0.802. The minimum atomic E-state index is 0.0652. The molecule has 0 fully saturated rings. The summed E-state index contributed by atoms with van der Waals surface area (Å²) in [6, 6.07) is 5.82. The Kier molecular flexibility index (Phi) is 7.17. The summed E-state index contributed by atoms with van der Waals surface area (Å²) in [6.07, 6.45) is 0. The Morgan fingerprint density at radius 3 is 2.56 bits per heavy atom. The first-order valence-corrected chi connectivity index (χ1v) is 5.92. The third-order valence-corrected chi connectivity index (χ3v) is 2.44. The summed E-state index contributed by atoms with van der Waals surface area (Å²) >= 11 is 0. The molecule has 0 aromatic heterocycles. The molecule has 102 valence electrons. The minimum Gasteiger partial charge on any atom is -0.493 e. The van der Waals surface area contributed by atoms with Crippen molar-refractivity contribution in [2.45, 2.75) is 6.54 Å². The minimum absolute atomic E-state index is 0.0652. The normalized spacial score (nSPS) is 10.4. The van der Waals surface area contributed by atoms with Gasteiger partial charge in [-0.3, -0.25) is 0 Å². The topological polar surface area (TPSA) is 60.0 Å². The summed E-state index contributed by atoms with van der Waals surface area (Å²) in [5, 5.41) is 11.8. The lowest BCUT2D eigenvalue weighted by Crippen LogP contribution is -2.20. The maximum atomic E-state index is 8.54. The first-order chi connectivity index (χ1) is 8.81. The van der Waals surface area contributed by atoms with Gasteiger partial charge in [0.25, 0.3) is 0 Å². The average molecular weight is 255 g/mol. The van der Waals surface area contributed by atoms with E-state index in [-0.39, 0.29) is 6.61 Å². The van der Waals surface area contributed by atoms with Gasteiger partial charge in [0.1, 0.15) is 0 Å². The van der Waals surface area contributed by atoms with E-state index >= 15 is 0 Å². The molecule has 0 aliphatic carbocycles. The Morgan fingerprint density at radius 1 is 1.11 bits per heavy atom. The fraction of sp³-hybridized carbons (Fsp3) is 0.538. The predicted molar refractivity (Wildman–Crippen MR) is 69.2 cm³/mol. The van der Waals surface area contributed by atoms with E-state index in [9.17, 15) is 0 Å². The van der Waals surface area contributed by atoms with E-state index in [4.69, 9.17) is 19.3 Å². The third-order valence-electron chi connectivity index (χ3n) is 2.44. The number of aliphatic hydroxyl groups excluding tert-OH is 1. The molecule has 0 aliphatic rings. The van der Waals surface area contributed by atoms with Gasteiger partial charge >= 0.3 is 0 Å². The molecule has 0 saturated heterocycles. The summed E-state index contributed by atoms with van der Waals surface area (Å²) < 4.78 is 15.5. The first-order valence-electron chi connectivity index (χ1n) is 5.92. The van der Waals surface area contributed by atoms with Crippen molar-refractivity contribution in [2.24, 2.45) is 0 Å². The molecule has 18 heavy (non-hydrogen) atoms. The second-order valence-corrected chi connectivity index (χ2v) is 3.70. The molecule has 0 unspecified atom stereocenters. The molecule has 2 N–H and O–H groups in total. The zero-order chi connectivity index (χ0) is 13.2. The van der Waals surface area contributed by atoms with E-state index in [1.165, 1.54) is 0 Å². The van der Waals surface area contributed by atoms with Crippen molar-refractivity contribution in [2.75, 3.05) is 40.6 Å². The van der Waals surface area contributed by atoms with Crippen molar-refractivity contribution in [3.63, 3.8) is 0 Å². The molecule has 0 saturated carbocycles. The molecular weight excluding hydrogens is 234 g/mol. The van der Waals surface area contributed by atoms with Crippen LogP contribution in [0.15, 0.2) is 18.2 Å². The molecule has 5 heteroatoms. The summed E-state index contributed by atoms with van der Waals surface area (Å²) in [6.45, 7) is 2.53. The van der Waals surface area contributed by atoms with Crippen LogP contribution < -0.4 is 14.8 Å². The fourth-order valence-corrected chi connectivity index (χ4v) is 1.53. The Hall–Kier alpha value is -1.30. The van der Waals surface area contributed by atoms with Gasteiger partial charge in [-0.05, 0) is 17.7 Å². The monoisotopic (exact) mass is 255 g/mol. The van der Waals surface area contributed by atoms with Crippen LogP contribution in [-0.2, 0) is 11.3 Å². The Morgan fingerprint density at radius 2 is 1.89 bits per heavy atom. The molecule has 1 rings (SSSR count). The maximum absolute atomic E-state index is 8.54. The van der Waals surface area contributed by atoms with Gasteiger partial charge in [0, 0.05) is 13.1 Å². The molecule has 0 atom stereocenters. The van der Waals surface area contributed by atoms with Crippen LogP contribution in [0, 0.1) is 0 Å². The third kappa shape index (κ3) is 4.91. The van der Waals surface area contributed by atoms with Crippen LogP contribution in [0.5, 0.6) is 11.5 Å². The van der Waals surface area contributed by atoms with Crippen molar-refractivity contribution in [1.29, 1.82) is 0 Å². The van der Waals surface area contributed by atoms with Crippen molar-refractivity contribution >= 4 is 0 Å². The molecule has 0 heterocycles. The number of ether oxygens (including phenoxy) is 3. The molecule has 0 bridgehead atoms. The summed E-state index contributed by atoms with van der Waals surface area (Å²) in [4.78, 5) is 0. The number of hydrogen-bond donors (Lipinski definition) is 2. The van der Waals surface area contributed by atoms with Crippen LogP contribution >= 0.6 is 0 Å². The number of benzene rings is 1. The quantitative estimate of drug-likeness (QED) is 0.639. The molecule has 5 nitrogen and oxygen atoms in total. The van der Waals surface area contributed by atoms with Crippen LogP contribution in [-0.4, -0.2) is 45.7 Å². The molecule has 0 radical (unpaired) electrons. The van der Waals surface area contributed by atoms with Gasteiger partial charge < -0.3 is 24.6 Å². The van der Waals surface area contributed by atoms with Gasteiger partial charge in [-0.15, -0.1) is 0 Å². The highest BCUT2D eigenvalue weighted by atomic mass is 16.5. The van der Waals surface area contributed by atoms with Crippen LogP contribution in [0.1, 0.15) is 5.56 Å². The Balaban J connectivity index is 2.34. The molecule has 1 aromatic carbocycles. The number of nitrogens with one attached hydrogen (secondary N) is 1. The highest BCUT2D eigenvalue weighted by Crippen LogP contribution is 2.27. The van der Waals surface area contributed by atoms with Gasteiger partial charge in [-0.2, -0.15) is 0 Å². The first kappa shape index (κ1) is 14.8. The number of methoxy groups -OCH3 is 2. The molecular formula is C13H21NO4. The van der Waals surface area contributed by atoms with E-state index < -0.39 is 0 Å². The second kappa shape index (κ2) is 8.74. The van der Waals surface area contributed by atoms with Crippen molar-refractivity contribution < 1.29 is 19.3 Å². The van der Waals surface area contributed by atoms with Crippen molar-refractivity contribution in [3.8, 4) is 11.5 Å². The van der Waals surface area contributed by atoms with E-state index in [1.54, 1.807) is 14.2 Å². The Labute approximate surface area is 108 Å². The lowest BCUT2D eigenvalue weighted by Gasteiger charge is -2.10. The molecule has 1 aromatic rings. The van der Waals surface area contributed by atoms with Gasteiger partial charge in [-0.1, -0.05) is 6.07 Å². The van der Waals surface area contributed by atoms with Crippen LogP contribution in [0.3, 0.4) is 0 Å². The zero-order valence-electron chi connectivity index (χ0n) is 10.9. The van der Waals surface area contributed by atoms with E-state index in [2.05, 4.69) is 5.32 Å². The van der Waals surface area contributed by atoms with E-state index in [0.29, 0.717) is 13.2 Å². The standard InChI is InChI=1S/C13H21NO4/c1-16-12-4-3-11(9-13(12)17-2)10-14-5-7-18-8-6-15/h3-4,9,14-15H,5-8,10H2,1-2H3. The van der Waals surface area contributed by atoms with E-state index in [0.717, 1.165) is 30.2 Å². The van der Waals surface area contributed by atoms with Gasteiger partial charge in [0.15, 0.2) is 11.5 Å². The Bertz CT molecular complexity index is 344. The van der Waals surface area contributed by atoms with Gasteiger partial charge in [0.05, 0.1) is 34.0 Å². The number of aliphatic hydroxyl groups is 1. The highest BCUT2D eigenvalue weighted by Gasteiger charge is 2.03. The van der Waals surface area contributed by atoms with Gasteiger partial charge in [-0.25, -0.2) is 0 Å². The summed E-state index contributed by atoms with van der Waals surface area (Å²) in [7, 11) is 3.24. The maximum Gasteiger partial charge on any atom is 0.161 e. The lowest BCUT2D eigenvalue weighted by atomic mass is 10.2. The zero-order valence-corrected chi connectivity index (χ0v) is 10.9. The number of hydrogen-bond acceptors (Lipinski definition) is 5. The highest BCUT2D eigenvalue weighted by molar-refractivity contribution is 5.42. The summed E-state index contributed by atoms with van der Waals surface area (Å²) in [5.74, 6) is 1.46. The van der Waals surface area contributed by atoms with Crippen LogP contribution in [0.4, 0.5) is 0 Å². The average Bonchev–Trinajstić information content (AvgIpc) is 2.42. The van der Waals surface area contributed by atoms with Crippen molar-refractivity contribution in [3.05, 3.63) is 23.8 Å². The van der Waals surface area contributed by atoms with E-state index in [1.807, 2.05) is 18.2 Å². The van der Waals surface area contributed by atoms with Crippen LogP contribution in [0.2, 0.25) is 0 Å². The van der Waals surface area contributed by atoms with Gasteiger partial charge in [0.2, 0.25) is 0 Å². The molecule has 0 amide bonds. The van der Waals surface area contributed by atoms with Crippen molar-refractivity contribution in [1.82, 2.24) is 5.32 Å². The fourth-order valence-electron chi connectivity index (χ4n) is 1.53. The molecule has 0 aliphatic heterocycles. The van der Waals surface area contributed by atoms with Crippen LogP contribution in [0.25, 0.3) is 0 Å². The summed E-state index contributed by atoms with van der Waals surface area (Å²) in [5.41, 5.74) is 1.12. The largest absolute Gasteiger partial charge is 0.493 e. The lowest BCUT2D eigenvalue weighted by molar-refractivity contribution is 0.0938. The SMILES string of the molecule is COc1ccc(CNCCOCCO)cc1OC. The molecule has 0 spiro atoms. The number of rotatable bonds is 9. The second-order valence-electron chi connectivity index (χ2n) is 3.70. The smallest absolute Gasteiger partial charge is 0.161 e.